The standard InChI is InChI=1S/C13H28N2/c1-13(2,3)10-12(15-14)11-8-6-4-5-7-9-11/h11-12,15H,4-10,14H2,1-3H3. The molecule has 15 heavy (non-hydrogen) atoms. The molecule has 0 heterocycles. The van der Waals surface area contributed by atoms with Gasteiger partial charge in [0.1, 0.15) is 0 Å². The van der Waals surface area contributed by atoms with Crippen molar-refractivity contribution in [2.75, 3.05) is 0 Å². The zero-order chi connectivity index (χ0) is 11.3. The lowest BCUT2D eigenvalue weighted by molar-refractivity contribution is 0.231. The Balaban J connectivity index is 2.48. The number of nitrogens with one attached hydrogen (secondary N) is 1. The monoisotopic (exact) mass is 212 g/mol. The van der Waals surface area contributed by atoms with Gasteiger partial charge in [-0.3, -0.25) is 11.3 Å². The molecule has 0 radical (unpaired) electrons. The Bertz CT molecular complexity index is 164. The summed E-state index contributed by atoms with van der Waals surface area (Å²) in [4.78, 5) is 0. The van der Waals surface area contributed by atoms with Crippen molar-refractivity contribution < 1.29 is 0 Å². The fraction of sp³-hybridized carbons (Fsp3) is 1.00. The third-order valence-electron chi connectivity index (χ3n) is 3.52. The van der Waals surface area contributed by atoms with Gasteiger partial charge in [-0.2, -0.15) is 0 Å². The fourth-order valence-corrected chi connectivity index (χ4v) is 2.73. The van der Waals surface area contributed by atoms with Crippen LogP contribution in [-0.4, -0.2) is 6.04 Å². The van der Waals surface area contributed by atoms with Crippen LogP contribution in [0.2, 0.25) is 0 Å². The summed E-state index contributed by atoms with van der Waals surface area (Å²) in [6.07, 6.45) is 9.55. The van der Waals surface area contributed by atoms with E-state index in [1.807, 2.05) is 0 Å². The van der Waals surface area contributed by atoms with E-state index in [4.69, 9.17) is 5.84 Å². The summed E-state index contributed by atoms with van der Waals surface area (Å²) < 4.78 is 0. The molecular weight excluding hydrogens is 184 g/mol. The van der Waals surface area contributed by atoms with Crippen molar-refractivity contribution in [1.82, 2.24) is 5.43 Å². The van der Waals surface area contributed by atoms with E-state index in [-0.39, 0.29) is 0 Å². The van der Waals surface area contributed by atoms with Gasteiger partial charge in [-0.15, -0.1) is 0 Å². The smallest absolute Gasteiger partial charge is 0.0243 e. The lowest BCUT2D eigenvalue weighted by atomic mass is 9.80. The molecule has 2 nitrogen and oxygen atoms in total. The molecule has 3 N–H and O–H groups in total. The Hall–Kier alpha value is -0.0800. The van der Waals surface area contributed by atoms with Crippen LogP contribution < -0.4 is 11.3 Å². The van der Waals surface area contributed by atoms with Gasteiger partial charge in [0.25, 0.3) is 0 Å². The van der Waals surface area contributed by atoms with E-state index in [0.29, 0.717) is 11.5 Å². The summed E-state index contributed by atoms with van der Waals surface area (Å²) in [6.45, 7) is 6.90. The summed E-state index contributed by atoms with van der Waals surface area (Å²) in [7, 11) is 0. The van der Waals surface area contributed by atoms with E-state index in [0.717, 1.165) is 5.92 Å². The normalized spacial score (nSPS) is 22.4. The highest BCUT2D eigenvalue weighted by Gasteiger charge is 2.25. The first-order chi connectivity index (χ1) is 7.03. The van der Waals surface area contributed by atoms with Gasteiger partial charge in [-0.05, 0) is 30.6 Å². The molecule has 1 aliphatic rings. The largest absolute Gasteiger partial charge is 0.271 e. The molecule has 1 aliphatic carbocycles. The molecular formula is C13H28N2. The minimum Gasteiger partial charge on any atom is -0.271 e. The summed E-state index contributed by atoms with van der Waals surface area (Å²) in [5.74, 6) is 6.51. The van der Waals surface area contributed by atoms with Crippen molar-refractivity contribution in [3.8, 4) is 0 Å². The Labute approximate surface area is 95.0 Å². The summed E-state index contributed by atoms with van der Waals surface area (Å²) >= 11 is 0. The molecule has 1 atom stereocenters. The molecule has 1 rings (SSSR count). The zero-order valence-electron chi connectivity index (χ0n) is 10.7. The van der Waals surface area contributed by atoms with Gasteiger partial charge in [-0.25, -0.2) is 0 Å². The Kier molecular flexibility index (Phi) is 5.07. The van der Waals surface area contributed by atoms with Gasteiger partial charge in [0.15, 0.2) is 0 Å². The zero-order valence-corrected chi connectivity index (χ0v) is 10.7. The first kappa shape index (κ1) is 13.0. The van der Waals surface area contributed by atoms with Crippen molar-refractivity contribution in [2.24, 2.45) is 17.2 Å². The van der Waals surface area contributed by atoms with Crippen molar-refractivity contribution in [3.63, 3.8) is 0 Å². The van der Waals surface area contributed by atoms with Crippen LogP contribution in [0.15, 0.2) is 0 Å². The molecule has 0 amide bonds. The highest BCUT2D eigenvalue weighted by molar-refractivity contribution is 4.81. The SMILES string of the molecule is CC(C)(C)CC(NN)C1CCCCCC1. The maximum absolute atomic E-state index is 5.71. The van der Waals surface area contributed by atoms with Gasteiger partial charge >= 0.3 is 0 Å². The molecule has 0 aromatic rings. The van der Waals surface area contributed by atoms with Crippen molar-refractivity contribution in [3.05, 3.63) is 0 Å². The minimum atomic E-state index is 0.378. The van der Waals surface area contributed by atoms with Crippen LogP contribution in [0, 0.1) is 11.3 Å². The number of hydrogen-bond donors (Lipinski definition) is 2. The van der Waals surface area contributed by atoms with E-state index in [9.17, 15) is 0 Å². The van der Waals surface area contributed by atoms with E-state index in [1.54, 1.807) is 0 Å². The lowest BCUT2D eigenvalue weighted by Crippen LogP contribution is -2.43. The number of nitrogens with two attached hydrogens (primary N) is 1. The van der Waals surface area contributed by atoms with E-state index >= 15 is 0 Å². The van der Waals surface area contributed by atoms with Crippen LogP contribution in [-0.2, 0) is 0 Å². The predicted octanol–water partition coefficient (Wildman–Crippen LogP) is 3.22. The maximum atomic E-state index is 5.71. The molecule has 2 heteroatoms. The predicted molar refractivity (Wildman–Crippen MR) is 66.4 cm³/mol. The minimum absolute atomic E-state index is 0.378. The maximum Gasteiger partial charge on any atom is 0.0243 e. The second kappa shape index (κ2) is 5.86. The van der Waals surface area contributed by atoms with E-state index in [2.05, 4.69) is 26.2 Å². The number of hydrogen-bond acceptors (Lipinski definition) is 2. The molecule has 0 aliphatic heterocycles. The van der Waals surface area contributed by atoms with Crippen molar-refractivity contribution in [2.45, 2.75) is 71.8 Å². The lowest BCUT2D eigenvalue weighted by Gasteiger charge is -2.31. The quantitative estimate of drug-likeness (QED) is 0.428. The van der Waals surface area contributed by atoms with Gasteiger partial charge in [0.2, 0.25) is 0 Å². The number of rotatable bonds is 3. The summed E-state index contributed by atoms with van der Waals surface area (Å²) in [5, 5.41) is 0. The van der Waals surface area contributed by atoms with Crippen LogP contribution in [0.25, 0.3) is 0 Å². The Morgan fingerprint density at radius 3 is 2.07 bits per heavy atom. The molecule has 1 fully saturated rings. The first-order valence-corrected chi connectivity index (χ1v) is 6.49. The van der Waals surface area contributed by atoms with Crippen LogP contribution in [0.1, 0.15) is 65.7 Å². The van der Waals surface area contributed by atoms with E-state index in [1.165, 1.54) is 44.9 Å². The third kappa shape index (κ3) is 4.98. The Morgan fingerprint density at radius 1 is 1.13 bits per heavy atom. The highest BCUT2D eigenvalue weighted by atomic mass is 15.2. The number of hydrazine groups is 1. The second-order valence-electron chi connectivity index (χ2n) is 6.29. The molecule has 0 saturated heterocycles. The average Bonchev–Trinajstić information content (AvgIpc) is 2.40. The molecule has 0 bridgehead atoms. The molecule has 1 unspecified atom stereocenters. The fourth-order valence-electron chi connectivity index (χ4n) is 2.73. The Morgan fingerprint density at radius 2 is 1.67 bits per heavy atom. The van der Waals surface area contributed by atoms with Gasteiger partial charge < -0.3 is 0 Å². The average molecular weight is 212 g/mol. The molecule has 0 aromatic carbocycles. The summed E-state index contributed by atoms with van der Waals surface area (Å²) in [5.41, 5.74) is 3.43. The van der Waals surface area contributed by atoms with Gasteiger partial charge in [0.05, 0.1) is 0 Å². The molecule has 1 saturated carbocycles. The van der Waals surface area contributed by atoms with Crippen molar-refractivity contribution in [1.29, 1.82) is 0 Å². The second-order valence-corrected chi connectivity index (χ2v) is 6.29. The van der Waals surface area contributed by atoms with E-state index < -0.39 is 0 Å². The van der Waals surface area contributed by atoms with Crippen molar-refractivity contribution >= 4 is 0 Å². The molecule has 0 aromatic heterocycles. The summed E-state index contributed by atoms with van der Waals surface area (Å²) in [6, 6.07) is 0.517. The van der Waals surface area contributed by atoms with Gasteiger partial charge in [-0.1, -0.05) is 46.5 Å². The topological polar surface area (TPSA) is 38.0 Å². The highest BCUT2D eigenvalue weighted by Crippen LogP contribution is 2.31. The molecule has 0 spiro atoms. The van der Waals surface area contributed by atoms with Gasteiger partial charge in [0, 0.05) is 6.04 Å². The third-order valence-corrected chi connectivity index (χ3v) is 3.52. The van der Waals surface area contributed by atoms with Crippen LogP contribution in [0.4, 0.5) is 0 Å². The van der Waals surface area contributed by atoms with Crippen LogP contribution >= 0.6 is 0 Å². The van der Waals surface area contributed by atoms with Crippen LogP contribution in [0.5, 0.6) is 0 Å². The first-order valence-electron chi connectivity index (χ1n) is 6.49. The molecule has 90 valence electrons. The van der Waals surface area contributed by atoms with Crippen LogP contribution in [0.3, 0.4) is 0 Å².